The van der Waals surface area contributed by atoms with Gasteiger partial charge in [0.25, 0.3) is 0 Å². The van der Waals surface area contributed by atoms with Crippen molar-refractivity contribution in [1.29, 1.82) is 0 Å². The molecule has 0 aliphatic carbocycles. The highest BCUT2D eigenvalue weighted by molar-refractivity contribution is 5.96. The van der Waals surface area contributed by atoms with Gasteiger partial charge in [0.05, 0.1) is 12.7 Å². The Balaban J connectivity index is 2.06. The smallest absolute Gasteiger partial charge is 0.411 e. The van der Waals surface area contributed by atoms with Gasteiger partial charge in [-0.2, -0.15) is 0 Å². The number of carbonyl (C=O) groups is 2. The first kappa shape index (κ1) is 16.4. The molecule has 0 unspecified atom stereocenters. The third-order valence-electron chi connectivity index (χ3n) is 3.31. The van der Waals surface area contributed by atoms with Crippen molar-refractivity contribution in [3.05, 3.63) is 59.2 Å². The van der Waals surface area contributed by atoms with Crippen molar-refractivity contribution in [3.63, 3.8) is 0 Å². The number of rotatable bonds is 4. The van der Waals surface area contributed by atoms with E-state index in [1.807, 2.05) is 30.3 Å². The van der Waals surface area contributed by atoms with Gasteiger partial charge in [0.15, 0.2) is 0 Å². The zero-order chi connectivity index (χ0) is 16.8. The molecule has 23 heavy (non-hydrogen) atoms. The maximum Gasteiger partial charge on any atom is 0.411 e. The summed E-state index contributed by atoms with van der Waals surface area (Å²) in [7, 11) is 1.28. The van der Waals surface area contributed by atoms with Gasteiger partial charge in [0.1, 0.15) is 6.61 Å². The summed E-state index contributed by atoms with van der Waals surface area (Å²) in [4.78, 5) is 23.6. The van der Waals surface area contributed by atoms with Crippen molar-refractivity contribution in [2.24, 2.45) is 0 Å². The van der Waals surface area contributed by atoms with Crippen LogP contribution >= 0.6 is 0 Å². The van der Waals surface area contributed by atoms with Crippen LogP contribution in [0.2, 0.25) is 0 Å². The van der Waals surface area contributed by atoms with Crippen LogP contribution in [0.1, 0.15) is 21.5 Å². The first-order valence-electron chi connectivity index (χ1n) is 6.97. The quantitative estimate of drug-likeness (QED) is 0.668. The van der Waals surface area contributed by atoms with Crippen molar-refractivity contribution in [2.75, 3.05) is 18.2 Å². The second-order valence-electron chi connectivity index (χ2n) is 4.92. The second-order valence-corrected chi connectivity index (χ2v) is 4.92. The molecule has 0 bridgehead atoms. The molecule has 6 nitrogen and oxygen atoms in total. The summed E-state index contributed by atoms with van der Waals surface area (Å²) < 4.78 is 9.82. The molecular formula is C17H18N2O4. The number of anilines is 2. The summed E-state index contributed by atoms with van der Waals surface area (Å²) in [5.74, 6) is -0.518. The molecule has 0 saturated carbocycles. The molecule has 0 spiro atoms. The number of methoxy groups -OCH3 is 1. The van der Waals surface area contributed by atoms with E-state index in [1.165, 1.54) is 13.2 Å². The number of hydrogen-bond acceptors (Lipinski definition) is 5. The molecule has 1 amide bonds. The van der Waals surface area contributed by atoms with E-state index in [2.05, 4.69) is 5.32 Å². The highest BCUT2D eigenvalue weighted by Crippen LogP contribution is 2.23. The Labute approximate surface area is 134 Å². The fraction of sp³-hybridized carbons (Fsp3) is 0.176. The number of ether oxygens (including phenoxy) is 2. The molecule has 6 heteroatoms. The van der Waals surface area contributed by atoms with Gasteiger partial charge < -0.3 is 15.2 Å². The fourth-order valence-corrected chi connectivity index (χ4v) is 2.01. The second kappa shape index (κ2) is 7.31. The van der Waals surface area contributed by atoms with Crippen molar-refractivity contribution in [2.45, 2.75) is 13.5 Å². The van der Waals surface area contributed by atoms with Crippen LogP contribution in [-0.4, -0.2) is 19.2 Å². The molecular weight excluding hydrogens is 296 g/mol. The Morgan fingerprint density at radius 3 is 2.52 bits per heavy atom. The molecule has 0 saturated heterocycles. The van der Waals surface area contributed by atoms with Gasteiger partial charge in [-0.3, -0.25) is 5.32 Å². The normalized spacial score (nSPS) is 10.0. The fourth-order valence-electron chi connectivity index (χ4n) is 2.01. The Kier molecular flexibility index (Phi) is 5.19. The molecule has 0 radical (unpaired) electrons. The molecule has 2 aromatic carbocycles. The van der Waals surface area contributed by atoms with Gasteiger partial charge in [-0.25, -0.2) is 9.59 Å². The summed E-state index contributed by atoms with van der Waals surface area (Å²) in [6.45, 7) is 1.86. The molecule has 2 aromatic rings. The summed E-state index contributed by atoms with van der Waals surface area (Å²) >= 11 is 0. The van der Waals surface area contributed by atoms with Crippen LogP contribution in [0.5, 0.6) is 0 Å². The predicted octanol–water partition coefficient (Wildman–Crippen LogP) is 3.11. The largest absolute Gasteiger partial charge is 0.465 e. The van der Waals surface area contributed by atoms with Crippen LogP contribution in [0.15, 0.2) is 42.5 Å². The van der Waals surface area contributed by atoms with Gasteiger partial charge in [0, 0.05) is 11.4 Å². The minimum Gasteiger partial charge on any atom is -0.465 e. The monoisotopic (exact) mass is 314 g/mol. The standard InChI is InChI=1S/C17H18N2O4/c1-11-14(16(20)22-2)8-13(9-15(11)18)19-17(21)23-10-12-6-4-3-5-7-12/h3-9H,10,18H2,1-2H3,(H,19,21). The van der Waals surface area contributed by atoms with E-state index in [0.717, 1.165) is 5.56 Å². The number of nitrogens with two attached hydrogens (primary N) is 1. The number of benzene rings is 2. The van der Waals surface area contributed by atoms with Crippen LogP contribution in [0.25, 0.3) is 0 Å². The van der Waals surface area contributed by atoms with E-state index in [9.17, 15) is 9.59 Å². The highest BCUT2D eigenvalue weighted by atomic mass is 16.5. The van der Waals surface area contributed by atoms with Crippen molar-refractivity contribution in [3.8, 4) is 0 Å². The third-order valence-corrected chi connectivity index (χ3v) is 3.31. The van der Waals surface area contributed by atoms with E-state index in [-0.39, 0.29) is 6.61 Å². The molecule has 3 N–H and O–H groups in total. The minimum absolute atomic E-state index is 0.151. The molecule has 0 atom stereocenters. The van der Waals surface area contributed by atoms with E-state index < -0.39 is 12.1 Å². The lowest BCUT2D eigenvalue weighted by atomic mass is 10.1. The minimum atomic E-state index is -0.632. The molecule has 0 aromatic heterocycles. The Hall–Kier alpha value is -3.02. The lowest BCUT2D eigenvalue weighted by Gasteiger charge is -2.12. The topological polar surface area (TPSA) is 90.6 Å². The van der Waals surface area contributed by atoms with Crippen molar-refractivity contribution < 1.29 is 19.1 Å². The third kappa shape index (κ3) is 4.23. The van der Waals surface area contributed by atoms with Crippen LogP contribution < -0.4 is 11.1 Å². The zero-order valence-electron chi connectivity index (χ0n) is 13.0. The van der Waals surface area contributed by atoms with E-state index >= 15 is 0 Å². The molecule has 0 aliphatic rings. The van der Waals surface area contributed by atoms with Crippen LogP contribution in [-0.2, 0) is 16.1 Å². The summed E-state index contributed by atoms with van der Waals surface area (Å²) in [5.41, 5.74) is 8.37. The summed E-state index contributed by atoms with van der Waals surface area (Å²) in [5, 5.41) is 2.55. The summed E-state index contributed by atoms with van der Waals surface area (Å²) in [6.07, 6.45) is -0.632. The van der Waals surface area contributed by atoms with Gasteiger partial charge >= 0.3 is 12.1 Å². The Morgan fingerprint density at radius 1 is 1.17 bits per heavy atom. The average molecular weight is 314 g/mol. The maximum absolute atomic E-state index is 11.8. The van der Waals surface area contributed by atoms with Gasteiger partial charge in [-0.05, 0) is 30.2 Å². The lowest BCUT2D eigenvalue weighted by molar-refractivity contribution is 0.0600. The molecule has 0 heterocycles. The first-order valence-corrected chi connectivity index (χ1v) is 6.97. The van der Waals surface area contributed by atoms with Crippen LogP contribution in [0.4, 0.5) is 16.2 Å². The average Bonchev–Trinajstić information content (AvgIpc) is 2.56. The number of esters is 1. The van der Waals surface area contributed by atoms with E-state index in [4.69, 9.17) is 15.2 Å². The number of carbonyl (C=O) groups excluding carboxylic acids is 2. The van der Waals surface area contributed by atoms with Crippen LogP contribution in [0, 0.1) is 6.92 Å². The predicted molar refractivity (Wildman–Crippen MR) is 87.2 cm³/mol. The molecule has 2 rings (SSSR count). The zero-order valence-corrected chi connectivity index (χ0v) is 13.0. The van der Waals surface area contributed by atoms with Gasteiger partial charge in [-0.15, -0.1) is 0 Å². The summed E-state index contributed by atoms with van der Waals surface area (Å²) in [6, 6.07) is 12.4. The number of amides is 1. The first-order chi connectivity index (χ1) is 11.0. The van der Waals surface area contributed by atoms with Gasteiger partial charge in [0.2, 0.25) is 0 Å². The molecule has 120 valence electrons. The Morgan fingerprint density at radius 2 is 1.87 bits per heavy atom. The van der Waals surface area contributed by atoms with E-state index in [0.29, 0.717) is 22.5 Å². The van der Waals surface area contributed by atoms with Crippen LogP contribution in [0.3, 0.4) is 0 Å². The Bertz CT molecular complexity index is 714. The molecule has 0 aliphatic heterocycles. The number of nitrogens with one attached hydrogen (secondary N) is 1. The highest BCUT2D eigenvalue weighted by Gasteiger charge is 2.14. The van der Waals surface area contributed by atoms with E-state index in [1.54, 1.807) is 13.0 Å². The van der Waals surface area contributed by atoms with Crippen molar-refractivity contribution >= 4 is 23.4 Å². The number of hydrogen-bond donors (Lipinski definition) is 2. The molecule has 0 fully saturated rings. The maximum atomic E-state index is 11.8. The number of nitrogen functional groups attached to an aromatic ring is 1. The SMILES string of the molecule is COC(=O)c1cc(NC(=O)OCc2ccccc2)cc(N)c1C. The lowest BCUT2D eigenvalue weighted by Crippen LogP contribution is -2.15. The van der Waals surface area contributed by atoms with Gasteiger partial charge in [-0.1, -0.05) is 30.3 Å². The van der Waals surface area contributed by atoms with Crippen molar-refractivity contribution in [1.82, 2.24) is 0 Å².